The Labute approximate surface area is 215 Å². The summed E-state index contributed by atoms with van der Waals surface area (Å²) < 4.78 is 27.7. The second-order valence-corrected chi connectivity index (χ2v) is 12.7. The summed E-state index contributed by atoms with van der Waals surface area (Å²) in [4.78, 5) is 11.1. The predicted octanol–water partition coefficient (Wildman–Crippen LogP) is 3.42. The lowest BCUT2D eigenvalue weighted by molar-refractivity contribution is -0.136. The van der Waals surface area contributed by atoms with Crippen LogP contribution in [0.4, 0.5) is 0 Å². The molecule has 1 aliphatic rings. The molecular weight excluding hydrogens is 476 g/mol. The van der Waals surface area contributed by atoms with Crippen molar-refractivity contribution in [3.63, 3.8) is 0 Å². The molecule has 0 aliphatic heterocycles. The van der Waals surface area contributed by atoms with Crippen LogP contribution in [-0.4, -0.2) is 60.7 Å². The first kappa shape index (κ1) is 28.3. The third-order valence-electron chi connectivity index (χ3n) is 7.04. The van der Waals surface area contributed by atoms with Crippen LogP contribution in [0.25, 0.3) is 0 Å². The van der Waals surface area contributed by atoms with Gasteiger partial charge in [0.1, 0.15) is 0 Å². The Morgan fingerprint density at radius 2 is 1.81 bits per heavy atom. The molecule has 36 heavy (non-hydrogen) atoms. The number of likely N-dealkylation sites (N-methyl/N-ethyl adjacent to an activating group) is 1. The number of aliphatic hydroxyl groups is 1. The average Bonchev–Trinajstić information content (AvgIpc) is 3.22. The van der Waals surface area contributed by atoms with E-state index in [2.05, 4.69) is 43.4 Å². The summed E-state index contributed by atoms with van der Waals surface area (Å²) in [5, 5.41) is 23.0. The van der Waals surface area contributed by atoms with Crippen molar-refractivity contribution < 1.29 is 23.4 Å². The summed E-state index contributed by atoms with van der Waals surface area (Å²) >= 11 is 0. The minimum absolute atomic E-state index is 0.00161. The van der Waals surface area contributed by atoms with E-state index in [9.17, 15) is 18.3 Å². The molecule has 2 aromatic carbocycles. The number of benzene rings is 2. The maximum Gasteiger partial charge on any atom is 0.303 e. The van der Waals surface area contributed by atoms with Crippen LogP contribution in [0.5, 0.6) is 0 Å². The molecule has 3 N–H and O–H groups in total. The molecular formula is C28H40N2O5S. The highest BCUT2D eigenvalue weighted by Crippen LogP contribution is 2.32. The van der Waals surface area contributed by atoms with Crippen LogP contribution in [0.1, 0.15) is 55.9 Å². The maximum absolute atomic E-state index is 13.3. The van der Waals surface area contributed by atoms with Gasteiger partial charge in [0.15, 0.2) is 0 Å². The number of aliphatic hydroxyl groups excluding tert-OH is 1. The van der Waals surface area contributed by atoms with E-state index >= 15 is 0 Å². The van der Waals surface area contributed by atoms with Crippen molar-refractivity contribution in [1.29, 1.82) is 0 Å². The second kappa shape index (κ2) is 11.9. The standard InChI is InChI=1S/C28H40N2O5S/c1-5-22-14-20(11-13-27(32)33)10-12-26(22)36(34,35)30(4)19-25(31)18-29-28(2,3)17-21-15-23-8-6-7-9-24(23)16-21/h6-10,12,14,21,25,29,31H,5,11,13,15-19H2,1-4H3,(H,32,33)/t25-/m1/s1. The van der Waals surface area contributed by atoms with Crippen LogP contribution in [0.15, 0.2) is 47.4 Å². The van der Waals surface area contributed by atoms with Gasteiger partial charge in [-0.1, -0.05) is 43.3 Å². The monoisotopic (exact) mass is 516 g/mol. The van der Waals surface area contributed by atoms with Gasteiger partial charge in [0.05, 0.1) is 11.0 Å². The van der Waals surface area contributed by atoms with Gasteiger partial charge < -0.3 is 15.5 Å². The van der Waals surface area contributed by atoms with Crippen LogP contribution in [0.2, 0.25) is 0 Å². The van der Waals surface area contributed by atoms with E-state index in [0.29, 0.717) is 30.9 Å². The summed E-state index contributed by atoms with van der Waals surface area (Å²) in [6.45, 7) is 6.40. The molecule has 0 heterocycles. The summed E-state index contributed by atoms with van der Waals surface area (Å²) in [5.41, 5.74) is 4.11. The molecule has 0 saturated heterocycles. The first-order valence-electron chi connectivity index (χ1n) is 12.7. The molecule has 0 spiro atoms. The van der Waals surface area contributed by atoms with Crippen LogP contribution < -0.4 is 5.32 Å². The van der Waals surface area contributed by atoms with Gasteiger partial charge in [0.2, 0.25) is 10.0 Å². The summed E-state index contributed by atoms with van der Waals surface area (Å²) in [6, 6.07) is 13.6. The molecule has 7 nitrogen and oxygen atoms in total. The Bertz CT molecular complexity index is 1140. The molecule has 0 radical (unpaired) electrons. The number of carboxylic acids is 1. The fourth-order valence-electron chi connectivity index (χ4n) is 5.18. The van der Waals surface area contributed by atoms with E-state index in [-0.39, 0.29) is 23.4 Å². The molecule has 198 valence electrons. The van der Waals surface area contributed by atoms with Crippen molar-refractivity contribution in [2.75, 3.05) is 20.1 Å². The first-order chi connectivity index (χ1) is 16.9. The Balaban J connectivity index is 1.55. The molecule has 1 aliphatic carbocycles. The third-order valence-corrected chi connectivity index (χ3v) is 8.96. The van der Waals surface area contributed by atoms with Gasteiger partial charge in [0, 0.05) is 32.1 Å². The smallest absolute Gasteiger partial charge is 0.303 e. The fraction of sp³-hybridized carbons (Fsp3) is 0.536. The van der Waals surface area contributed by atoms with Crippen LogP contribution >= 0.6 is 0 Å². The number of carbonyl (C=O) groups is 1. The molecule has 3 rings (SSSR count). The van der Waals surface area contributed by atoms with E-state index in [1.807, 2.05) is 6.92 Å². The number of β-amino-alcohol motifs (C(OH)–C–C–N with tert-alkyl or cyclic N) is 1. The molecule has 0 aromatic heterocycles. The Kier molecular flexibility index (Phi) is 9.33. The fourth-order valence-corrected chi connectivity index (χ4v) is 6.66. The van der Waals surface area contributed by atoms with Gasteiger partial charge in [0.25, 0.3) is 0 Å². The average molecular weight is 517 g/mol. The predicted molar refractivity (Wildman–Crippen MR) is 142 cm³/mol. The number of hydrogen-bond donors (Lipinski definition) is 3. The van der Waals surface area contributed by atoms with E-state index < -0.39 is 22.1 Å². The summed E-state index contributed by atoms with van der Waals surface area (Å²) in [7, 11) is -2.32. The molecule has 0 amide bonds. The minimum Gasteiger partial charge on any atom is -0.481 e. The Morgan fingerprint density at radius 3 is 2.39 bits per heavy atom. The number of aliphatic carboxylic acids is 1. The number of nitrogens with one attached hydrogen (secondary N) is 1. The van der Waals surface area contributed by atoms with Crippen molar-refractivity contribution in [3.8, 4) is 0 Å². The lowest BCUT2D eigenvalue weighted by Gasteiger charge is -2.31. The number of aryl methyl sites for hydroxylation is 2. The zero-order chi connectivity index (χ0) is 26.5. The molecule has 0 unspecified atom stereocenters. The van der Waals surface area contributed by atoms with E-state index in [0.717, 1.165) is 24.8 Å². The van der Waals surface area contributed by atoms with Crippen molar-refractivity contribution in [3.05, 3.63) is 64.7 Å². The number of sulfonamides is 1. The molecule has 2 aromatic rings. The van der Waals surface area contributed by atoms with Crippen LogP contribution in [0.3, 0.4) is 0 Å². The third kappa shape index (κ3) is 7.38. The summed E-state index contributed by atoms with van der Waals surface area (Å²) in [6.07, 6.45) is 3.11. The number of rotatable bonds is 13. The van der Waals surface area contributed by atoms with Gasteiger partial charge in [-0.3, -0.25) is 4.79 Å². The van der Waals surface area contributed by atoms with Crippen molar-refractivity contribution in [1.82, 2.24) is 9.62 Å². The lowest BCUT2D eigenvalue weighted by atomic mass is 9.88. The number of nitrogens with zero attached hydrogens (tertiary/aromatic N) is 1. The lowest BCUT2D eigenvalue weighted by Crippen LogP contribution is -2.47. The van der Waals surface area contributed by atoms with Gasteiger partial charge in [-0.15, -0.1) is 0 Å². The SMILES string of the molecule is CCc1cc(CCC(=O)O)ccc1S(=O)(=O)N(C)C[C@H](O)CNC(C)(C)CC1Cc2ccccc2C1. The second-order valence-electron chi connectivity index (χ2n) is 10.6. The van der Waals surface area contributed by atoms with Gasteiger partial charge in [-0.25, -0.2) is 8.42 Å². The highest BCUT2D eigenvalue weighted by molar-refractivity contribution is 7.89. The van der Waals surface area contributed by atoms with Crippen LogP contribution in [-0.2, 0) is 40.5 Å². The van der Waals surface area contributed by atoms with Crippen molar-refractivity contribution in [2.45, 2.75) is 75.8 Å². The molecule has 1 atom stereocenters. The van der Waals surface area contributed by atoms with E-state index in [1.54, 1.807) is 18.2 Å². The maximum atomic E-state index is 13.3. The number of hydrogen-bond acceptors (Lipinski definition) is 5. The minimum atomic E-state index is -3.80. The van der Waals surface area contributed by atoms with E-state index in [4.69, 9.17) is 5.11 Å². The molecule has 0 fully saturated rings. The molecule has 0 bridgehead atoms. The number of carboxylic acid groups (broad SMARTS) is 1. The largest absolute Gasteiger partial charge is 0.481 e. The Hall–Kier alpha value is -2.26. The highest BCUT2D eigenvalue weighted by atomic mass is 32.2. The quantitative estimate of drug-likeness (QED) is 0.377. The van der Waals surface area contributed by atoms with Crippen molar-refractivity contribution in [2.24, 2.45) is 5.92 Å². The van der Waals surface area contributed by atoms with Gasteiger partial charge >= 0.3 is 5.97 Å². The molecule has 0 saturated carbocycles. The normalized spacial score (nSPS) is 15.3. The van der Waals surface area contributed by atoms with Gasteiger partial charge in [-0.2, -0.15) is 4.31 Å². The zero-order valence-electron chi connectivity index (χ0n) is 21.8. The van der Waals surface area contributed by atoms with E-state index in [1.165, 1.54) is 22.5 Å². The van der Waals surface area contributed by atoms with Gasteiger partial charge in [-0.05, 0) is 80.2 Å². The van der Waals surface area contributed by atoms with Crippen molar-refractivity contribution >= 4 is 16.0 Å². The van der Waals surface area contributed by atoms with Crippen LogP contribution in [0, 0.1) is 5.92 Å². The summed E-state index contributed by atoms with van der Waals surface area (Å²) in [5.74, 6) is -0.334. The molecule has 8 heteroatoms. The topological polar surface area (TPSA) is 107 Å². The Morgan fingerprint density at radius 1 is 1.17 bits per heavy atom. The first-order valence-corrected chi connectivity index (χ1v) is 14.1. The highest BCUT2D eigenvalue weighted by Gasteiger charge is 2.30. The number of fused-ring (bicyclic) bond motifs is 1. The zero-order valence-corrected chi connectivity index (χ0v) is 22.6.